The zero-order valence-electron chi connectivity index (χ0n) is 8.81. The molecule has 1 aromatic carbocycles. The molecule has 2 N–H and O–H groups in total. The van der Waals surface area contributed by atoms with E-state index in [1.54, 1.807) is 0 Å². The largest absolute Gasteiger partial charge is 0.481 e. The molecular formula is C13H13NO2. The SMILES string of the molecule is O=C(O)CC1CC1c1cc2ccccc2[nH]1. The maximum absolute atomic E-state index is 10.6. The monoisotopic (exact) mass is 215 g/mol. The third-order valence-electron chi connectivity index (χ3n) is 3.31. The normalized spacial score (nSPS) is 23.5. The Bertz CT molecular complexity index is 511. The van der Waals surface area contributed by atoms with Gasteiger partial charge in [0.25, 0.3) is 0 Å². The second kappa shape index (κ2) is 3.37. The van der Waals surface area contributed by atoms with Crippen molar-refractivity contribution < 1.29 is 9.90 Å². The van der Waals surface area contributed by atoms with Gasteiger partial charge >= 0.3 is 5.97 Å². The number of hydrogen-bond donors (Lipinski definition) is 2. The van der Waals surface area contributed by atoms with Gasteiger partial charge in [-0.15, -0.1) is 0 Å². The average Bonchev–Trinajstić information content (AvgIpc) is 2.87. The molecule has 3 rings (SSSR count). The van der Waals surface area contributed by atoms with Gasteiger partial charge in [0.1, 0.15) is 0 Å². The number of carboxylic acids is 1. The molecule has 1 aromatic heterocycles. The standard InChI is InChI=1S/C13H13NO2/c15-13(16)7-9-5-10(9)12-6-8-3-1-2-4-11(8)14-12/h1-4,6,9-10,14H,5,7H2,(H,15,16). The summed E-state index contributed by atoms with van der Waals surface area (Å²) in [6.45, 7) is 0. The van der Waals surface area contributed by atoms with Crippen LogP contribution in [0.5, 0.6) is 0 Å². The van der Waals surface area contributed by atoms with Crippen molar-refractivity contribution in [2.24, 2.45) is 5.92 Å². The third-order valence-corrected chi connectivity index (χ3v) is 3.31. The van der Waals surface area contributed by atoms with Gasteiger partial charge < -0.3 is 10.1 Å². The maximum Gasteiger partial charge on any atom is 0.303 e. The Morgan fingerprint density at radius 3 is 3.00 bits per heavy atom. The highest BCUT2D eigenvalue weighted by molar-refractivity contribution is 5.80. The number of aromatic nitrogens is 1. The van der Waals surface area contributed by atoms with Crippen molar-refractivity contribution >= 4 is 16.9 Å². The first-order valence-corrected chi connectivity index (χ1v) is 5.53. The molecule has 0 amide bonds. The minimum atomic E-state index is -0.691. The number of H-pyrrole nitrogens is 1. The van der Waals surface area contributed by atoms with Gasteiger partial charge in [-0.05, 0) is 29.9 Å². The summed E-state index contributed by atoms with van der Waals surface area (Å²) in [6, 6.07) is 10.3. The molecule has 0 aliphatic heterocycles. The summed E-state index contributed by atoms with van der Waals surface area (Å²) in [4.78, 5) is 14.0. The number of benzene rings is 1. The molecule has 16 heavy (non-hydrogen) atoms. The lowest BCUT2D eigenvalue weighted by molar-refractivity contribution is -0.137. The van der Waals surface area contributed by atoms with Crippen LogP contribution in [0.1, 0.15) is 24.5 Å². The van der Waals surface area contributed by atoms with Gasteiger partial charge in [0.2, 0.25) is 0 Å². The predicted molar refractivity (Wildman–Crippen MR) is 61.4 cm³/mol. The van der Waals surface area contributed by atoms with E-state index in [2.05, 4.69) is 17.1 Å². The van der Waals surface area contributed by atoms with Gasteiger partial charge in [-0.1, -0.05) is 18.2 Å². The van der Waals surface area contributed by atoms with Crippen LogP contribution in [0, 0.1) is 5.92 Å². The Labute approximate surface area is 93.1 Å². The molecule has 1 aliphatic rings. The Balaban J connectivity index is 1.83. The first-order valence-electron chi connectivity index (χ1n) is 5.53. The van der Waals surface area contributed by atoms with E-state index in [0.29, 0.717) is 18.3 Å². The van der Waals surface area contributed by atoms with Crippen molar-refractivity contribution in [2.45, 2.75) is 18.8 Å². The summed E-state index contributed by atoms with van der Waals surface area (Å²) in [7, 11) is 0. The Morgan fingerprint density at radius 1 is 1.44 bits per heavy atom. The highest BCUT2D eigenvalue weighted by atomic mass is 16.4. The molecule has 0 radical (unpaired) electrons. The lowest BCUT2D eigenvalue weighted by atomic mass is 10.2. The Kier molecular flexibility index (Phi) is 1.99. The van der Waals surface area contributed by atoms with Crippen molar-refractivity contribution in [1.82, 2.24) is 4.98 Å². The van der Waals surface area contributed by atoms with Gasteiger partial charge in [0, 0.05) is 23.5 Å². The van der Waals surface area contributed by atoms with Gasteiger partial charge in [0.15, 0.2) is 0 Å². The lowest BCUT2D eigenvalue weighted by Crippen LogP contribution is -1.96. The van der Waals surface area contributed by atoms with Gasteiger partial charge in [0.05, 0.1) is 0 Å². The molecule has 0 spiro atoms. The summed E-state index contributed by atoms with van der Waals surface area (Å²) >= 11 is 0. The van der Waals surface area contributed by atoms with E-state index >= 15 is 0 Å². The van der Waals surface area contributed by atoms with Gasteiger partial charge in [-0.3, -0.25) is 4.79 Å². The molecule has 2 atom stereocenters. The van der Waals surface area contributed by atoms with Gasteiger partial charge in [-0.2, -0.15) is 0 Å². The predicted octanol–water partition coefficient (Wildman–Crippen LogP) is 2.75. The van der Waals surface area contributed by atoms with Crippen molar-refractivity contribution in [2.75, 3.05) is 0 Å². The zero-order valence-corrected chi connectivity index (χ0v) is 8.81. The third kappa shape index (κ3) is 1.58. The number of carbonyl (C=O) groups is 1. The molecule has 3 nitrogen and oxygen atoms in total. The fourth-order valence-corrected chi connectivity index (χ4v) is 2.37. The molecular weight excluding hydrogens is 202 g/mol. The molecule has 0 saturated heterocycles. The van der Waals surface area contributed by atoms with Crippen LogP contribution >= 0.6 is 0 Å². The quantitative estimate of drug-likeness (QED) is 0.827. The van der Waals surface area contributed by atoms with E-state index in [0.717, 1.165) is 11.9 Å². The molecule has 1 aliphatic carbocycles. The van der Waals surface area contributed by atoms with Crippen molar-refractivity contribution in [3.8, 4) is 0 Å². The number of fused-ring (bicyclic) bond motifs is 1. The summed E-state index contributed by atoms with van der Waals surface area (Å²) in [5.74, 6) is 0.0534. The highest BCUT2D eigenvalue weighted by Crippen LogP contribution is 2.49. The van der Waals surface area contributed by atoms with E-state index in [1.807, 2.05) is 18.2 Å². The van der Waals surface area contributed by atoms with Crippen molar-refractivity contribution in [3.05, 3.63) is 36.0 Å². The van der Waals surface area contributed by atoms with E-state index in [1.165, 1.54) is 11.1 Å². The molecule has 3 heteroatoms. The number of rotatable bonds is 3. The average molecular weight is 215 g/mol. The van der Waals surface area contributed by atoms with Crippen LogP contribution in [0.15, 0.2) is 30.3 Å². The molecule has 2 unspecified atom stereocenters. The van der Waals surface area contributed by atoms with Crippen LogP contribution in [-0.2, 0) is 4.79 Å². The smallest absolute Gasteiger partial charge is 0.303 e. The number of para-hydroxylation sites is 1. The van der Waals surface area contributed by atoms with Crippen molar-refractivity contribution in [3.63, 3.8) is 0 Å². The second-order valence-corrected chi connectivity index (χ2v) is 4.51. The summed E-state index contributed by atoms with van der Waals surface area (Å²) < 4.78 is 0. The van der Waals surface area contributed by atoms with E-state index in [4.69, 9.17) is 5.11 Å². The first kappa shape index (κ1) is 9.46. The minimum absolute atomic E-state index is 0.292. The van der Waals surface area contributed by atoms with Crippen LogP contribution < -0.4 is 0 Å². The van der Waals surface area contributed by atoms with Crippen molar-refractivity contribution in [1.29, 1.82) is 0 Å². The molecule has 1 heterocycles. The number of aliphatic carboxylic acids is 1. The topological polar surface area (TPSA) is 53.1 Å². The fraction of sp³-hybridized carbons (Fsp3) is 0.308. The molecule has 82 valence electrons. The Hall–Kier alpha value is -1.77. The zero-order chi connectivity index (χ0) is 11.1. The van der Waals surface area contributed by atoms with Crippen LogP contribution in [-0.4, -0.2) is 16.1 Å². The lowest BCUT2D eigenvalue weighted by Gasteiger charge is -1.93. The molecule has 0 bridgehead atoms. The van der Waals surface area contributed by atoms with Crippen LogP contribution in [0.25, 0.3) is 10.9 Å². The van der Waals surface area contributed by atoms with Crippen LogP contribution in [0.2, 0.25) is 0 Å². The number of hydrogen-bond acceptors (Lipinski definition) is 1. The second-order valence-electron chi connectivity index (χ2n) is 4.51. The number of carboxylic acid groups (broad SMARTS) is 1. The van der Waals surface area contributed by atoms with E-state index in [9.17, 15) is 4.79 Å². The first-order chi connectivity index (χ1) is 7.74. The summed E-state index contributed by atoms with van der Waals surface area (Å²) in [6.07, 6.45) is 1.29. The molecule has 1 saturated carbocycles. The molecule has 2 aromatic rings. The van der Waals surface area contributed by atoms with Crippen LogP contribution in [0.3, 0.4) is 0 Å². The summed E-state index contributed by atoms with van der Waals surface area (Å²) in [5.41, 5.74) is 2.32. The molecule has 1 fully saturated rings. The number of nitrogens with one attached hydrogen (secondary N) is 1. The summed E-state index contributed by atoms with van der Waals surface area (Å²) in [5, 5.41) is 9.93. The Morgan fingerprint density at radius 2 is 2.25 bits per heavy atom. The maximum atomic E-state index is 10.6. The van der Waals surface area contributed by atoms with E-state index in [-0.39, 0.29) is 0 Å². The fourth-order valence-electron chi connectivity index (χ4n) is 2.37. The highest BCUT2D eigenvalue weighted by Gasteiger charge is 2.40. The van der Waals surface area contributed by atoms with Gasteiger partial charge in [-0.25, -0.2) is 0 Å². The number of aromatic amines is 1. The van der Waals surface area contributed by atoms with E-state index < -0.39 is 5.97 Å². The minimum Gasteiger partial charge on any atom is -0.481 e. The van der Waals surface area contributed by atoms with Crippen LogP contribution in [0.4, 0.5) is 0 Å².